The van der Waals surface area contributed by atoms with Gasteiger partial charge in [-0.1, -0.05) is 15.9 Å². The van der Waals surface area contributed by atoms with Crippen molar-refractivity contribution >= 4 is 27.5 Å². The Balaban J connectivity index is 2.32. The first-order valence-corrected chi connectivity index (χ1v) is 6.78. The fourth-order valence-electron chi connectivity index (χ4n) is 2.01. The number of aromatic nitrogens is 1. The van der Waals surface area contributed by atoms with Gasteiger partial charge in [-0.3, -0.25) is 9.78 Å². The van der Waals surface area contributed by atoms with Crippen LogP contribution in [0.1, 0.15) is 27.2 Å². The molecule has 1 N–H and O–H groups in total. The minimum atomic E-state index is -0.126. The van der Waals surface area contributed by atoms with Gasteiger partial charge in [-0.2, -0.15) is 0 Å². The number of benzene rings is 1. The second kappa shape index (κ2) is 5.53. The van der Waals surface area contributed by atoms with Crippen LogP contribution in [0, 0.1) is 20.8 Å². The van der Waals surface area contributed by atoms with Crippen LogP contribution in [0.3, 0.4) is 0 Å². The lowest BCUT2D eigenvalue weighted by Gasteiger charge is -2.13. The van der Waals surface area contributed by atoms with Gasteiger partial charge in [-0.05, 0) is 56.2 Å². The number of halogens is 1. The van der Waals surface area contributed by atoms with Gasteiger partial charge < -0.3 is 5.32 Å². The summed E-state index contributed by atoms with van der Waals surface area (Å²) in [5, 5.41) is 2.96. The van der Waals surface area contributed by atoms with Crippen LogP contribution < -0.4 is 5.32 Å². The summed E-state index contributed by atoms with van der Waals surface area (Å²) in [4.78, 5) is 16.4. The maximum absolute atomic E-state index is 12.3. The third kappa shape index (κ3) is 3.01. The predicted molar refractivity (Wildman–Crippen MR) is 80.5 cm³/mol. The normalized spacial score (nSPS) is 10.3. The molecule has 0 fully saturated rings. The van der Waals surface area contributed by atoms with Gasteiger partial charge in [0.15, 0.2) is 0 Å². The van der Waals surface area contributed by atoms with E-state index >= 15 is 0 Å². The van der Waals surface area contributed by atoms with Crippen LogP contribution in [-0.2, 0) is 0 Å². The first kappa shape index (κ1) is 13.7. The number of hydrogen-bond donors (Lipinski definition) is 1. The molecule has 19 heavy (non-hydrogen) atoms. The minimum absolute atomic E-state index is 0.126. The molecule has 3 nitrogen and oxygen atoms in total. The van der Waals surface area contributed by atoms with Crippen LogP contribution in [0.15, 0.2) is 34.9 Å². The van der Waals surface area contributed by atoms with E-state index in [1.165, 1.54) is 0 Å². The third-order valence-electron chi connectivity index (χ3n) is 2.99. The maximum Gasteiger partial charge on any atom is 0.257 e. The maximum atomic E-state index is 12.3. The predicted octanol–water partition coefficient (Wildman–Crippen LogP) is 4.02. The Labute approximate surface area is 121 Å². The van der Waals surface area contributed by atoms with Crippen LogP contribution in [0.4, 0.5) is 5.69 Å². The summed E-state index contributed by atoms with van der Waals surface area (Å²) in [6, 6.07) is 7.52. The van der Waals surface area contributed by atoms with Crippen molar-refractivity contribution in [3.63, 3.8) is 0 Å². The van der Waals surface area contributed by atoms with Crippen molar-refractivity contribution in [3.8, 4) is 0 Å². The molecule has 0 unspecified atom stereocenters. The molecule has 1 aromatic heterocycles. The lowest BCUT2D eigenvalue weighted by molar-refractivity contribution is 0.102. The third-order valence-corrected chi connectivity index (χ3v) is 3.45. The molecular formula is C15H15BrN2O. The van der Waals surface area contributed by atoms with Gasteiger partial charge in [0.05, 0.1) is 5.56 Å². The van der Waals surface area contributed by atoms with E-state index in [4.69, 9.17) is 0 Å². The van der Waals surface area contributed by atoms with Crippen LogP contribution in [0.2, 0.25) is 0 Å². The van der Waals surface area contributed by atoms with Crippen molar-refractivity contribution in [1.29, 1.82) is 0 Å². The highest BCUT2D eigenvalue weighted by Gasteiger charge is 2.12. The first-order valence-electron chi connectivity index (χ1n) is 5.98. The Hall–Kier alpha value is -1.68. The van der Waals surface area contributed by atoms with Gasteiger partial charge in [-0.15, -0.1) is 0 Å². The lowest BCUT2D eigenvalue weighted by atomic mass is 10.1. The van der Waals surface area contributed by atoms with E-state index in [2.05, 4.69) is 26.2 Å². The Kier molecular flexibility index (Phi) is 4.00. The van der Waals surface area contributed by atoms with Crippen LogP contribution in [-0.4, -0.2) is 10.9 Å². The zero-order valence-corrected chi connectivity index (χ0v) is 12.7. The van der Waals surface area contributed by atoms with E-state index in [1.807, 2.05) is 32.9 Å². The lowest BCUT2D eigenvalue weighted by Crippen LogP contribution is -2.15. The summed E-state index contributed by atoms with van der Waals surface area (Å²) in [6.07, 6.45) is 1.68. The summed E-state index contributed by atoms with van der Waals surface area (Å²) in [5.74, 6) is -0.126. The molecule has 0 aliphatic rings. The van der Waals surface area contributed by atoms with Crippen molar-refractivity contribution in [2.45, 2.75) is 20.8 Å². The standard InChI is InChI=1S/C15H15BrN2O/c1-9-7-12(16)8-10(2)14(9)18-15(19)13-5-4-6-17-11(13)3/h4-8H,1-3H3,(H,18,19). The van der Waals surface area contributed by atoms with Crippen LogP contribution in [0.25, 0.3) is 0 Å². The SMILES string of the molecule is Cc1cc(Br)cc(C)c1NC(=O)c1cccnc1C. The number of amides is 1. The molecule has 4 heteroatoms. The summed E-state index contributed by atoms with van der Waals surface area (Å²) in [6.45, 7) is 5.78. The van der Waals surface area contributed by atoms with Crippen molar-refractivity contribution in [2.24, 2.45) is 0 Å². The number of rotatable bonds is 2. The van der Waals surface area contributed by atoms with Crippen molar-refractivity contribution < 1.29 is 4.79 Å². The van der Waals surface area contributed by atoms with Crippen LogP contribution in [0.5, 0.6) is 0 Å². The van der Waals surface area contributed by atoms with E-state index < -0.39 is 0 Å². The Bertz CT molecular complexity index is 615. The molecule has 2 aromatic rings. The van der Waals surface area contributed by atoms with Gasteiger partial charge in [-0.25, -0.2) is 0 Å². The fourth-order valence-corrected chi connectivity index (χ4v) is 2.70. The average Bonchev–Trinajstić information content (AvgIpc) is 2.34. The Morgan fingerprint density at radius 3 is 2.42 bits per heavy atom. The molecule has 0 saturated heterocycles. The number of hydrogen-bond acceptors (Lipinski definition) is 2. The number of pyridine rings is 1. The molecule has 1 amide bonds. The molecule has 0 spiro atoms. The first-order chi connectivity index (χ1) is 8.99. The molecule has 0 aliphatic carbocycles. The topological polar surface area (TPSA) is 42.0 Å². The molecule has 2 rings (SSSR count). The van der Waals surface area contributed by atoms with E-state index in [0.717, 1.165) is 27.0 Å². The average molecular weight is 319 g/mol. The zero-order chi connectivity index (χ0) is 14.0. The second-order valence-electron chi connectivity index (χ2n) is 4.51. The van der Waals surface area contributed by atoms with Gasteiger partial charge in [0.25, 0.3) is 5.91 Å². The van der Waals surface area contributed by atoms with E-state index in [-0.39, 0.29) is 5.91 Å². The van der Waals surface area contributed by atoms with Crippen LogP contribution >= 0.6 is 15.9 Å². The molecule has 0 atom stereocenters. The summed E-state index contributed by atoms with van der Waals surface area (Å²) < 4.78 is 1.01. The second-order valence-corrected chi connectivity index (χ2v) is 5.42. The van der Waals surface area contributed by atoms with E-state index in [9.17, 15) is 4.79 Å². The number of aryl methyl sites for hydroxylation is 3. The summed E-state index contributed by atoms with van der Waals surface area (Å²) >= 11 is 3.45. The Morgan fingerprint density at radius 1 is 1.21 bits per heavy atom. The molecule has 1 heterocycles. The highest BCUT2D eigenvalue weighted by Crippen LogP contribution is 2.25. The molecule has 98 valence electrons. The molecule has 0 radical (unpaired) electrons. The number of carbonyl (C=O) groups is 1. The van der Waals surface area contributed by atoms with Gasteiger partial charge in [0.2, 0.25) is 0 Å². The molecule has 0 bridgehead atoms. The molecule has 0 saturated carbocycles. The van der Waals surface area contributed by atoms with E-state index in [0.29, 0.717) is 5.56 Å². The number of nitrogens with one attached hydrogen (secondary N) is 1. The van der Waals surface area contributed by atoms with Crippen molar-refractivity contribution in [3.05, 3.63) is 57.3 Å². The number of carbonyl (C=O) groups excluding carboxylic acids is 1. The van der Waals surface area contributed by atoms with Gasteiger partial charge >= 0.3 is 0 Å². The molecular weight excluding hydrogens is 304 g/mol. The number of anilines is 1. The molecule has 1 aromatic carbocycles. The molecule has 0 aliphatic heterocycles. The smallest absolute Gasteiger partial charge is 0.257 e. The largest absolute Gasteiger partial charge is 0.321 e. The van der Waals surface area contributed by atoms with E-state index in [1.54, 1.807) is 18.3 Å². The van der Waals surface area contributed by atoms with Crippen molar-refractivity contribution in [1.82, 2.24) is 4.98 Å². The summed E-state index contributed by atoms with van der Waals surface area (Å²) in [7, 11) is 0. The minimum Gasteiger partial charge on any atom is -0.321 e. The van der Waals surface area contributed by atoms with Crippen molar-refractivity contribution in [2.75, 3.05) is 5.32 Å². The van der Waals surface area contributed by atoms with Gasteiger partial charge in [0.1, 0.15) is 0 Å². The monoisotopic (exact) mass is 318 g/mol. The highest BCUT2D eigenvalue weighted by atomic mass is 79.9. The zero-order valence-electron chi connectivity index (χ0n) is 11.1. The highest BCUT2D eigenvalue weighted by molar-refractivity contribution is 9.10. The fraction of sp³-hybridized carbons (Fsp3) is 0.200. The quantitative estimate of drug-likeness (QED) is 0.908. The van der Waals surface area contributed by atoms with Gasteiger partial charge in [0, 0.05) is 22.1 Å². The Morgan fingerprint density at radius 2 is 1.84 bits per heavy atom. The number of nitrogens with zero attached hydrogens (tertiary/aromatic N) is 1. The summed E-state index contributed by atoms with van der Waals surface area (Å²) in [5.41, 5.74) is 4.25.